The fourth-order valence-corrected chi connectivity index (χ4v) is 9.09. The van der Waals surface area contributed by atoms with Gasteiger partial charge in [0.25, 0.3) is 0 Å². The molecule has 1 amide bonds. The molecule has 3 aromatic rings. The van der Waals surface area contributed by atoms with Crippen molar-refractivity contribution in [3.8, 4) is 0 Å². The summed E-state index contributed by atoms with van der Waals surface area (Å²) in [5.41, 5.74) is 6.33. The third-order valence-corrected chi connectivity index (χ3v) is 13.4. The number of hydrogen-bond donors (Lipinski definition) is 5. The Bertz CT molecular complexity index is 1970. The lowest BCUT2D eigenvalue weighted by atomic mass is 9.90. The van der Waals surface area contributed by atoms with Gasteiger partial charge in [0.1, 0.15) is 23.0 Å². The molecule has 0 aliphatic carbocycles. The van der Waals surface area contributed by atoms with Gasteiger partial charge in [0.05, 0.1) is 46.5 Å². The molecular formula is C47H66Cl7N9O5. The number of ether oxygens (including phenoxy) is 1. The number of halogens is 7. The molecule has 68 heavy (non-hydrogen) atoms. The van der Waals surface area contributed by atoms with Crippen molar-refractivity contribution in [2.45, 2.75) is 103 Å². The van der Waals surface area contributed by atoms with Crippen LogP contribution in [0, 0.1) is 17.8 Å². The lowest BCUT2D eigenvalue weighted by Crippen LogP contribution is -2.36. The van der Waals surface area contributed by atoms with Crippen LogP contribution in [-0.2, 0) is 19.1 Å². The van der Waals surface area contributed by atoms with Crippen LogP contribution in [0.4, 0.5) is 16.2 Å². The first kappa shape index (κ1) is 59.5. The first-order chi connectivity index (χ1) is 32.4. The van der Waals surface area contributed by atoms with Crippen molar-refractivity contribution < 1.29 is 23.9 Å². The molecule has 6 heterocycles. The van der Waals surface area contributed by atoms with Crippen molar-refractivity contribution in [3.05, 3.63) is 72.3 Å². The number of alkyl carbamates (subject to hydrolysis) is 1. The normalized spacial score (nSPS) is 15.6. The van der Waals surface area contributed by atoms with Crippen molar-refractivity contribution in [2.24, 2.45) is 23.5 Å². The van der Waals surface area contributed by atoms with Crippen LogP contribution >= 0.6 is 81.2 Å². The molecule has 0 spiro atoms. The summed E-state index contributed by atoms with van der Waals surface area (Å²) in [4.78, 5) is 61.0. The molecule has 3 aliphatic rings. The number of hydrogen-bond acceptors (Lipinski definition) is 13. The summed E-state index contributed by atoms with van der Waals surface area (Å²) in [6.45, 7) is 12.6. The highest BCUT2D eigenvalue weighted by Gasteiger charge is 2.27. The summed E-state index contributed by atoms with van der Waals surface area (Å²) in [6, 6.07) is 0. The van der Waals surface area contributed by atoms with Crippen molar-refractivity contribution in [1.82, 2.24) is 30.9 Å². The maximum atomic E-state index is 12.5. The standard InChI is InChI=1S/C19H20Cl4N4O.C14H26N2O3.C9H18N2O.C5H2Cl3N/c20-13-8-24-9-14(21)18(13)26-5-1-2-17(28)12-3-6-27(7-4-12)19-15(22)10-25-11-16(19)23;1-14(2,3)19-13(18)16-8-4-5-12(17)11-6-9-15-10-7-11;10-5-1-2-9(12)8-3-6-11-7-4-8;6-3-1-9-2-4(7)5(3)8/h8-12H,1-7H2,(H,24,26);11,15H,4-10H2,1-3H3,(H,16,18);8,11H,1-7,10H2;1-2H. The van der Waals surface area contributed by atoms with E-state index in [1.54, 1.807) is 12.4 Å². The number of pyridine rings is 3. The van der Waals surface area contributed by atoms with Gasteiger partial charge in [0.15, 0.2) is 0 Å². The molecule has 3 aromatic heterocycles. The Labute approximate surface area is 436 Å². The van der Waals surface area contributed by atoms with Gasteiger partial charge in [-0.05, 0) is 111 Å². The fourth-order valence-electron chi connectivity index (χ4n) is 7.53. The molecular weight excluding hydrogens is 1020 g/mol. The molecule has 6 rings (SSSR count). The molecule has 0 bridgehead atoms. The zero-order valence-electron chi connectivity index (χ0n) is 39.1. The van der Waals surface area contributed by atoms with Crippen molar-refractivity contribution >= 4 is 116 Å². The van der Waals surface area contributed by atoms with Gasteiger partial charge in [0.2, 0.25) is 0 Å². The average Bonchev–Trinajstić information content (AvgIpc) is 3.31. The van der Waals surface area contributed by atoms with Gasteiger partial charge < -0.3 is 36.6 Å². The van der Waals surface area contributed by atoms with Crippen LogP contribution in [-0.4, -0.2) is 103 Å². The molecule has 0 atom stereocenters. The maximum Gasteiger partial charge on any atom is 0.407 e. The summed E-state index contributed by atoms with van der Waals surface area (Å²) in [7, 11) is 0. The van der Waals surface area contributed by atoms with Crippen molar-refractivity contribution in [1.29, 1.82) is 0 Å². The number of nitrogens with one attached hydrogen (secondary N) is 4. The number of amides is 1. The van der Waals surface area contributed by atoms with Crippen LogP contribution < -0.4 is 31.9 Å². The van der Waals surface area contributed by atoms with Gasteiger partial charge in [-0.15, -0.1) is 0 Å². The molecule has 14 nitrogen and oxygen atoms in total. The number of nitrogens with two attached hydrogens (primary N) is 1. The number of carbonyl (C=O) groups is 4. The Hall–Kier alpha value is -2.76. The smallest absolute Gasteiger partial charge is 0.407 e. The van der Waals surface area contributed by atoms with E-state index in [0.29, 0.717) is 109 Å². The van der Waals surface area contributed by atoms with E-state index in [0.717, 1.165) is 96.3 Å². The summed E-state index contributed by atoms with van der Waals surface area (Å²) in [5, 5.41) is 15.5. The molecule has 0 aromatic carbocycles. The largest absolute Gasteiger partial charge is 0.444 e. The minimum absolute atomic E-state index is 0.0729. The third kappa shape index (κ3) is 22.5. The lowest BCUT2D eigenvalue weighted by Gasteiger charge is -2.33. The second kappa shape index (κ2) is 32.3. The van der Waals surface area contributed by atoms with Gasteiger partial charge >= 0.3 is 6.09 Å². The first-order valence-corrected chi connectivity index (χ1v) is 25.7. The first-order valence-electron chi connectivity index (χ1n) is 23.1. The van der Waals surface area contributed by atoms with E-state index >= 15 is 0 Å². The Balaban J connectivity index is 0.000000263. The molecule has 3 fully saturated rings. The Morgan fingerprint density at radius 3 is 1.44 bits per heavy atom. The molecule has 6 N–H and O–H groups in total. The van der Waals surface area contributed by atoms with Crippen LogP contribution in [0.15, 0.2) is 37.2 Å². The molecule has 21 heteroatoms. The highest BCUT2D eigenvalue weighted by molar-refractivity contribution is 6.47. The quantitative estimate of drug-likeness (QED) is 0.0852. The predicted molar refractivity (Wildman–Crippen MR) is 278 cm³/mol. The molecule has 0 radical (unpaired) electrons. The lowest BCUT2D eigenvalue weighted by molar-refractivity contribution is -0.124. The van der Waals surface area contributed by atoms with E-state index in [1.165, 1.54) is 24.8 Å². The van der Waals surface area contributed by atoms with Gasteiger partial charge in [-0.2, -0.15) is 0 Å². The van der Waals surface area contributed by atoms with E-state index in [1.807, 2.05) is 20.8 Å². The molecule has 0 unspecified atom stereocenters. The van der Waals surface area contributed by atoms with Crippen LogP contribution in [0.5, 0.6) is 0 Å². The number of nitrogens with zero attached hydrogens (tertiary/aromatic N) is 4. The highest BCUT2D eigenvalue weighted by Crippen LogP contribution is 2.36. The molecule has 0 saturated carbocycles. The third-order valence-electron chi connectivity index (χ3n) is 11.1. The maximum absolute atomic E-state index is 12.5. The Kier molecular flexibility index (Phi) is 28.3. The van der Waals surface area contributed by atoms with E-state index in [4.69, 9.17) is 91.7 Å². The van der Waals surface area contributed by atoms with E-state index in [2.05, 4.69) is 41.1 Å². The highest BCUT2D eigenvalue weighted by atomic mass is 35.5. The molecule has 3 saturated heterocycles. The summed E-state index contributed by atoms with van der Waals surface area (Å²) in [6.07, 6.45) is 18.2. The SMILES string of the molecule is CC(C)(C)OC(=O)NCCCC(=O)C1CCNCC1.Clc1cncc(Cl)c1Cl.NCCCC(=O)C1CCNCC1.O=C(CCCNc1c(Cl)cncc1Cl)C1CCN(c2c(Cl)cncc2Cl)CC1. The van der Waals surface area contributed by atoms with Crippen molar-refractivity contribution in [2.75, 3.05) is 69.1 Å². The molecule has 3 aliphatic heterocycles. The van der Waals surface area contributed by atoms with Crippen molar-refractivity contribution in [3.63, 3.8) is 0 Å². The van der Waals surface area contributed by atoms with E-state index in [9.17, 15) is 19.2 Å². The number of ketones is 3. The van der Waals surface area contributed by atoms with Gasteiger partial charge in [-0.25, -0.2) is 4.79 Å². The minimum Gasteiger partial charge on any atom is -0.444 e. The number of aromatic nitrogens is 3. The van der Waals surface area contributed by atoms with Gasteiger partial charge in [-0.1, -0.05) is 81.2 Å². The van der Waals surface area contributed by atoms with Crippen LogP contribution in [0.3, 0.4) is 0 Å². The van der Waals surface area contributed by atoms with Gasteiger partial charge in [0, 0.05) is 100 Å². The zero-order chi connectivity index (χ0) is 50.1. The Morgan fingerprint density at radius 1 is 0.618 bits per heavy atom. The number of Topliss-reactive ketones (excluding diaryl/α,β-unsaturated/α-hetero) is 3. The fraction of sp³-hybridized carbons (Fsp3) is 0.596. The summed E-state index contributed by atoms with van der Waals surface area (Å²) >= 11 is 41.3. The van der Waals surface area contributed by atoms with E-state index < -0.39 is 11.7 Å². The van der Waals surface area contributed by atoms with Crippen LogP contribution in [0.1, 0.15) is 97.8 Å². The Morgan fingerprint density at radius 2 is 1.01 bits per heavy atom. The summed E-state index contributed by atoms with van der Waals surface area (Å²) < 4.78 is 5.12. The number of carbonyl (C=O) groups excluding carboxylic acids is 4. The second-order valence-electron chi connectivity index (χ2n) is 17.5. The average molecular weight is 1090 g/mol. The zero-order valence-corrected chi connectivity index (χ0v) is 44.4. The predicted octanol–water partition coefficient (Wildman–Crippen LogP) is 11.0. The van der Waals surface area contributed by atoms with Crippen LogP contribution in [0.2, 0.25) is 35.2 Å². The van der Waals surface area contributed by atoms with Gasteiger partial charge in [-0.3, -0.25) is 29.3 Å². The molecule has 378 valence electrons. The number of anilines is 2. The monoisotopic (exact) mass is 1080 g/mol. The van der Waals surface area contributed by atoms with Crippen LogP contribution in [0.25, 0.3) is 0 Å². The number of piperidine rings is 3. The second-order valence-corrected chi connectivity index (χ2v) is 20.3. The summed E-state index contributed by atoms with van der Waals surface area (Å²) in [5.74, 6) is 1.64. The minimum atomic E-state index is -0.477. The topological polar surface area (TPSA) is 194 Å². The number of rotatable bonds is 16. The van der Waals surface area contributed by atoms with E-state index in [-0.39, 0.29) is 11.8 Å².